The van der Waals surface area contributed by atoms with Crippen LogP contribution in [0.5, 0.6) is 28.7 Å². The van der Waals surface area contributed by atoms with Gasteiger partial charge in [-0.2, -0.15) is 0 Å². The lowest BCUT2D eigenvalue weighted by molar-refractivity contribution is 0.402. The van der Waals surface area contributed by atoms with Crippen molar-refractivity contribution in [2.24, 2.45) is 5.18 Å². The van der Waals surface area contributed by atoms with Crippen LogP contribution < -0.4 is 4.74 Å². The fraction of sp³-hybridized carbons (Fsp3) is 0.0667. The SMILES string of the molecule is O=NC1=C(c2ccc(O)c(O)c2)Oc2cc(O)cc(O)c2C1. The Bertz CT molecular complexity index is 812. The third-order valence-corrected chi connectivity index (χ3v) is 3.34. The highest BCUT2D eigenvalue weighted by atomic mass is 16.5. The van der Waals surface area contributed by atoms with Crippen molar-refractivity contribution in [3.8, 4) is 28.7 Å². The third kappa shape index (κ3) is 2.18. The smallest absolute Gasteiger partial charge is 0.160 e. The summed E-state index contributed by atoms with van der Waals surface area (Å²) >= 11 is 0. The number of allylic oxidation sites excluding steroid dienone is 1. The van der Waals surface area contributed by atoms with Crippen LogP contribution in [-0.2, 0) is 6.42 Å². The van der Waals surface area contributed by atoms with Crippen LogP contribution in [0.15, 0.2) is 41.2 Å². The number of rotatable bonds is 2. The minimum absolute atomic E-state index is 0.0158. The van der Waals surface area contributed by atoms with E-state index in [-0.39, 0.29) is 46.6 Å². The molecule has 0 spiro atoms. The molecule has 0 radical (unpaired) electrons. The molecule has 1 aliphatic rings. The summed E-state index contributed by atoms with van der Waals surface area (Å²) in [5.41, 5.74) is 0.691. The van der Waals surface area contributed by atoms with E-state index in [1.807, 2.05) is 0 Å². The van der Waals surface area contributed by atoms with Crippen LogP contribution >= 0.6 is 0 Å². The summed E-state index contributed by atoms with van der Waals surface area (Å²) in [5.74, 6) is -0.800. The second-order valence-corrected chi connectivity index (χ2v) is 4.79. The molecular weight excluding hydrogens is 290 g/mol. The zero-order valence-electron chi connectivity index (χ0n) is 11.1. The molecule has 22 heavy (non-hydrogen) atoms. The molecule has 112 valence electrons. The van der Waals surface area contributed by atoms with Gasteiger partial charge in [-0.3, -0.25) is 0 Å². The first-order valence-corrected chi connectivity index (χ1v) is 6.31. The molecule has 0 amide bonds. The lowest BCUT2D eigenvalue weighted by Gasteiger charge is -2.21. The van der Waals surface area contributed by atoms with Gasteiger partial charge in [0.2, 0.25) is 0 Å². The molecule has 0 unspecified atom stereocenters. The predicted molar refractivity (Wildman–Crippen MR) is 76.6 cm³/mol. The monoisotopic (exact) mass is 301 g/mol. The van der Waals surface area contributed by atoms with Crippen molar-refractivity contribution < 1.29 is 25.2 Å². The van der Waals surface area contributed by atoms with Crippen molar-refractivity contribution in [2.45, 2.75) is 6.42 Å². The maximum Gasteiger partial charge on any atom is 0.160 e. The van der Waals surface area contributed by atoms with E-state index in [9.17, 15) is 25.3 Å². The van der Waals surface area contributed by atoms with Gasteiger partial charge in [0, 0.05) is 29.7 Å². The van der Waals surface area contributed by atoms with Gasteiger partial charge in [0.05, 0.1) is 0 Å². The Morgan fingerprint density at radius 2 is 1.73 bits per heavy atom. The van der Waals surface area contributed by atoms with Crippen LogP contribution in [0.4, 0.5) is 0 Å². The number of nitrogens with zero attached hydrogens (tertiary/aromatic N) is 1. The average Bonchev–Trinajstić information content (AvgIpc) is 2.48. The summed E-state index contributed by atoms with van der Waals surface area (Å²) in [6.45, 7) is 0. The van der Waals surface area contributed by atoms with Gasteiger partial charge in [-0.1, -0.05) is 0 Å². The number of fused-ring (bicyclic) bond motifs is 1. The van der Waals surface area contributed by atoms with Crippen molar-refractivity contribution >= 4 is 5.76 Å². The number of phenolic OH excluding ortho intramolecular Hbond substituents is 4. The van der Waals surface area contributed by atoms with Crippen LogP contribution in [0.1, 0.15) is 11.1 Å². The van der Waals surface area contributed by atoms with E-state index >= 15 is 0 Å². The van der Waals surface area contributed by atoms with Gasteiger partial charge < -0.3 is 25.2 Å². The number of aromatic hydroxyl groups is 4. The number of hydrogen-bond acceptors (Lipinski definition) is 7. The third-order valence-electron chi connectivity index (χ3n) is 3.34. The summed E-state index contributed by atoms with van der Waals surface area (Å²) in [4.78, 5) is 11.1. The van der Waals surface area contributed by atoms with E-state index in [1.165, 1.54) is 24.3 Å². The van der Waals surface area contributed by atoms with Crippen molar-refractivity contribution in [2.75, 3.05) is 0 Å². The highest BCUT2D eigenvalue weighted by Crippen LogP contribution is 2.42. The molecule has 0 aliphatic carbocycles. The fourth-order valence-electron chi connectivity index (χ4n) is 2.27. The van der Waals surface area contributed by atoms with E-state index in [0.29, 0.717) is 11.1 Å². The minimum Gasteiger partial charge on any atom is -0.508 e. The summed E-state index contributed by atoms with van der Waals surface area (Å²) in [6, 6.07) is 6.37. The van der Waals surface area contributed by atoms with Crippen molar-refractivity contribution in [3.63, 3.8) is 0 Å². The molecule has 0 saturated heterocycles. The summed E-state index contributed by atoms with van der Waals surface area (Å²) < 4.78 is 5.55. The molecule has 0 atom stereocenters. The predicted octanol–water partition coefficient (Wildman–Crippen LogP) is 2.58. The highest BCUT2D eigenvalue weighted by molar-refractivity contribution is 5.71. The standard InChI is InChI=1S/C15H11NO6/c17-8-4-12(19)9-6-10(16-21)15(22-14(9)5-8)7-1-2-11(18)13(20)3-7/h1-5,17-20H,6H2. The average molecular weight is 301 g/mol. The van der Waals surface area contributed by atoms with E-state index in [0.717, 1.165) is 6.07 Å². The van der Waals surface area contributed by atoms with Crippen LogP contribution in [0.2, 0.25) is 0 Å². The van der Waals surface area contributed by atoms with E-state index in [4.69, 9.17) is 4.74 Å². The Labute approximate surface area is 124 Å². The van der Waals surface area contributed by atoms with Crippen LogP contribution in [0, 0.1) is 4.91 Å². The second-order valence-electron chi connectivity index (χ2n) is 4.79. The topological polar surface area (TPSA) is 120 Å². The number of hydrogen-bond donors (Lipinski definition) is 4. The molecule has 4 N–H and O–H groups in total. The molecule has 7 heteroatoms. The molecule has 7 nitrogen and oxygen atoms in total. The number of nitroso groups, excluding NO2 is 1. The van der Waals surface area contributed by atoms with E-state index in [1.54, 1.807) is 0 Å². The van der Waals surface area contributed by atoms with E-state index in [2.05, 4.69) is 5.18 Å². The first-order chi connectivity index (χ1) is 10.5. The Hall–Kier alpha value is -3.22. The Morgan fingerprint density at radius 1 is 0.955 bits per heavy atom. The van der Waals surface area contributed by atoms with Gasteiger partial charge >= 0.3 is 0 Å². The molecular formula is C15H11NO6. The fourth-order valence-corrected chi connectivity index (χ4v) is 2.27. The normalized spacial score (nSPS) is 13.5. The molecule has 0 fully saturated rings. The van der Waals surface area contributed by atoms with Crippen LogP contribution in [-0.4, -0.2) is 20.4 Å². The first kappa shape index (κ1) is 13.7. The quantitative estimate of drug-likeness (QED) is 0.500. The van der Waals surface area contributed by atoms with Gasteiger partial charge in [-0.15, -0.1) is 4.91 Å². The lowest BCUT2D eigenvalue weighted by atomic mass is 10.0. The Balaban J connectivity index is 2.12. The summed E-state index contributed by atoms with van der Waals surface area (Å²) in [6.07, 6.45) is 0.0158. The van der Waals surface area contributed by atoms with Gasteiger partial charge in [0.15, 0.2) is 17.3 Å². The van der Waals surface area contributed by atoms with Crippen LogP contribution in [0.3, 0.4) is 0 Å². The zero-order chi connectivity index (χ0) is 15.9. The maximum atomic E-state index is 11.1. The van der Waals surface area contributed by atoms with Gasteiger partial charge in [0.25, 0.3) is 0 Å². The summed E-state index contributed by atoms with van der Waals surface area (Å²) in [7, 11) is 0. The van der Waals surface area contributed by atoms with Crippen molar-refractivity contribution in [1.82, 2.24) is 0 Å². The molecule has 0 bridgehead atoms. The molecule has 0 saturated carbocycles. The van der Waals surface area contributed by atoms with E-state index < -0.39 is 0 Å². The van der Waals surface area contributed by atoms with Crippen molar-refractivity contribution in [1.29, 1.82) is 0 Å². The largest absolute Gasteiger partial charge is 0.508 e. The number of ether oxygens (including phenoxy) is 1. The number of benzene rings is 2. The first-order valence-electron chi connectivity index (χ1n) is 6.31. The minimum atomic E-state index is -0.372. The molecule has 1 aliphatic heterocycles. The van der Waals surface area contributed by atoms with Gasteiger partial charge in [0.1, 0.15) is 22.9 Å². The molecule has 2 aromatic carbocycles. The maximum absolute atomic E-state index is 11.1. The highest BCUT2D eigenvalue weighted by Gasteiger charge is 2.25. The Kier molecular flexibility index (Phi) is 3.10. The lowest BCUT2D eigenvalue weighted by Crippen LogP contribution is -2.09. The molecule has 1 heterocycles. The second kappa shape index (κ2) is 4.96. The number of phenols is 4. The zero-order valence-corrected chi connectivity index (χ0v) is 11.1. The van der Waals surface area contributed by atoms with Crippen LogP contribution in [0.25, 0.3) is 5.76 Å². The summed E-state index contributed by atoms with van der Waals surface area (Å²) in [5, 5.41) is 41.1. The van der Waals surface area contributed by atoms with Gasteiger partial charge in [-0.05, 0) is 23.4 Å². The van der Waals surface area contributed by atoms with Gasteiger partial charge in [-0.25, -0.2) is 0 Å². The Morgan fingerprint density at radius 3 is 2.41 bits per heavy atom. The molecule has 0 aromatic heterocycles. The molecule has 2 aromatic rings. The van der Waals surface area contributed by atoms with Crippen molar-refractivity contribution in [3.05, 3.63) is 52.1 Å². The molecule has 3 rings (SSSR count).